The van der Waals surface area contributed by atoms with Crippen molar-refractivity contribution in [3.05, 3.63) is 35.4 Å². The standard InChI is InChI=1S/C20H30N2O.ClH/c1-15-6-5-7-18(12-15)20(9-3-4-10-20)14-22-19(23)17-8-11-21-16(2)13-17;/h5-7,12,16-17,21H,3-4,8-11,13-14H2,1-2H3,(H,22,23);1H/t16-,17-;/m0./s1. The SMILES string of the molecule is Cc1cccc(C2(CNC(=O)[C@H]3CCN[C@@H](C)C3)CCCC2)c1.Cl. The lowest BCUT2D eigenvalue weighted by atomic mass is 9.78. The fraction of sp³-hybridized carbons (Fsp3) is 0.650. The molecular weight excluding hydrogens is 320 g/mol. The van der Waals surface area contributed by atoms with E-state index >= 15 is 0 Å². The van der Waals surface area contributed by atoms with Gasteiger partial charge < -0.3 is 10.6 Å². The van der Waals surface area contributed by atoms with Gasteiger partial charge in [0.15, 0.2) is 0 Å². The van der Waals surface area contributed by atoms with Crippen LogP contribution in [0.1, 0.15) is 56.6 Å². The van der Waals surface area contributed by atoms with E-state index in [0.29, 0.717) is 6.04 Å². The van der Waals surface area contributed by atoms with Crippen molar-refractivity contribution in [2.24, 2.45) is 5.92 Å². The molecule has 2 aliphatic rings. The number of piperidine rings is 1. The molecule has 0 spiro atoms. The van der Waals surface area contributed by atoms with Crippen molar-refractivity contribution in [2.75, 3.05) is 13.1 Å². The highest BCUT2D eigenvalue weighted by atomic mass is 35.5. The third-order valence-electron chi connectivity index (χ3n) is 5.79. The Balaban J connectivity index is 0.00000208. The smallest absolute Gasteiger partial charge is 0.223 e. The molecule has 1 aromatic carbocycles. The molecule has 4 heteroatoms. The molecule has 1 saturated carbocycles. The first kappa shape index (κ1) is 19.3. The van der Waals surface area contributed by atoms with Crippen LogP contribution in [0.3, 0.4) is 0 Å². The van der Waals surface area contributed by atoms with Crippen LogP contribution < -0.4 is 10.6 Å². The van der Waals surface area contributed by atoms with Gasteiger partial charge in [0, 0.05) is 23.9 Å². The lowest BCUT2D eigenvalue weighted by Crippen LogP contribution is -2.45. The summed E-state index contributed by atoms with van der Waals surface area (Å²) in [5, 5.41) is 6.73. The molecule has 134 valence electrons. The number of hydrogen-bond acceptors (Lipinski definition) is 2. The summed E-state index contributed by atoms with van der Waals surface area (Å²) < 4.78 is 0. The molecule has 0 aromatic heterocycles. The van der Waals surface area contributed by atoms with Crippen molar-refractivity contribution in [2.45, 2.75) is 63.8 Å². The van der Waals surface area contributed by atoms with E-state index in [2.05, 4.69) is 48.7 Å². The maximum atomic E-state index is 12.6. The summed E-state index contributed by atoms with van der Waals surface area (Å²) in [4.78, 5) is 12.6. The second-order valence-electron chi connectivity index (χ2n) is 7.65. The number of aryl methyl sites for hydroxylation is 1. The number of carbonyl (C=O) groups excluding carboxylic acids is 1. The lowest BCUT2D eigenvalue weighted by molar-refractivity contribution is -0.126. The van der Waals surface area contributed by atoms with Gasteiger partial charge in [0.2, 0.25) is 5.91 Å². The Bertz CT molecular complexity index is 554. The van der Waals surface area contributed by atoms with Gasteiger partial charge in [-0.3, -0.25) is 4.79 Å². The summed E-state index contributed by atoms with van der Waals surface area (Å²) in [6.07, 6.45) is 6.86. The summed E-state index contributed by atoms with van der Waals surface area (Å²) in [7, 11) is 0. The fourth-order valence-electron chi connectivity index (χ4n) is 4.36. The van der Waals surface area contributed by atoms with Crippen LogP contribution in [0.4, 0.5) is 0 Å². The van der Waals surface area contributed by atoms with Crippen LogP contribution in [0.15, 0.2) is 24.3 Å². The van der Waals surface area contributed by atoms with Gasteiger partial charge in [0.05, 0.1) is 0 Å². The number of carbonyl (C=O) groups is 1. The molecule has 0 radical (unpaired) electrons. The molecule has 3 rings (SSSR count). The van der Waals surface area contributed by atoms with Crippen molar-refractivity contribution in [1.29, 1.82) is 0 Å². The van der Waals surface area contributed by atoms with E-state index in [1.165, 1.54) is 36.8 Å². The van der Waals surface area contributed by atoms with Crippen LogP contribution >= 0.6 is 12.4 Å². The quantitative estimate of drug-likeness (QED) is 0.868. The number of amides is 1. The predicted molar refractivity (Wildman–Crippen MR) is 102 cm³/mol. The van der Waals surface area contributed by atoms with Gasteiger partial charge in [-0.05, 0) is 51.6 Å². The van der Waals surface area contributed by atoms with Crippen LogP contribution in [0.5, 0.6) is 0 Å². The molecule has 1 aromatic rings. The van der Waals surface area contributed by atoms with Crippen LogP contribution in [-0.2, 0) is 10.2 Å². The van der Waals surface area contributed by atoms with Crippen molar-refractivity contribution in [1.82, 2.24) is 10.6 Å². The first-order chi connectivity index (χ1) is 11.1. The molecule has 3 nitrogen and oxygen atoms in total. The molecule has 2 atom stereocenters. The first-order valence-corrected chi connectivity index (χ1v) is 9.17. The van der Waals surface area contributed by atoms with E-state index in [1.54, 1.807) is 0 Å². The second-order valence-corrected chi connectivity index (χ2v) is 7.65. The molecule has 2 fully saturated rings. The minimum Gasteiger partial charge on any atom is -0.355 e. The van der Waals surface area contributed by atoms with Crippen LogP contribution in [0, 0.1) is 12.8 Å². The lowest BCUT2D eigenvalue weighted by Gasteiger charge is -2.32. The number of nitrogens with one attached hydrogen (secondary N) is 2. The average molecular weight is 351 g/mol. The van der Waals surface area contributed by atoms with Crippen LogP contribution in [-0.4, -0.2) is 25.0 Å². The molecule has 24 heavy (non-hydrogen) atoms. The minimum absolute atomic E-state index is 0. The van der Waals surface area contributed by atoms with Crippen molar-refractivity contribution in [3.63, 3.8) is 0 Å². The fourth-order valence-corrected chi connectivity index (χ4v) is 4.36. The Morgan fingerprint density at radius 2 is 2.08 bits per heavy atom. The highest BCUT2D eigenvalue weighted by molar-refractivity contribution is 5.85. The Morgan fingerprint density at radius 1 is 1.33 bits per heavy atom. The largest absolute Gasteiger partial charge is 0.355 e. The molecule has 1 aliphatic heterocycles. The van der Waals surface area contributed by atoms with E-state index in [-0.39, 0.29) is 29.6 Å². The Hall–Kier alpha value is -1.06. The summed E-state index contributed by atoms with van der Waals surface area (Å²) >= 11 is 0. The highest BCUT2D eigenvalue weighted by Gasteiger charge is 2.36. The van der Waals surface area contributed by atoms with Crippen LogP contribution in [0.25, 0.3) is 0 Å². The number of rotatable bonds is 4. The monoisotopic (exact) mass is 350 g/mol. The van der Waals surface area contributed by atoms with Gasteiger partial charge in [0.1, 0.15) is 0 Å². The van der Waals surface area contributed by atoms with Crippen molar-refractivity contribution >= 4 is 18.3 Å². The maximum Gasteiger partial charge on any atom is 0.223 e. The van der Waals surface area contributed by atoms with E-state index in [0.717, 1.165) is 25.9 Å². The third kappa shape index (κ3) is 4.31. The third-order valence-corrected chi connectivity index (χ3v) is 5.79. The zero-order valence-corrected chi connectivity index (χ0v) is 15.8. The molecule has 1 aliphatic carbocycles. The number of halogens is 1. The molecule has 0 bridgehead atoms. The van der Waals surface area contributed by atoms with Gasteiger partial charge in [-0.15, -0.1) is 12.4 Å². The van der Waals surface area contributed by atoms with E-state index in [4.69, 9.17) is 0 Å². The average Bonchev–Trinajstić information content (AvgIpc) is 3.03. The topological polar surface area (TPSA) is 41.1 Å². The minimum atomic E-state index is 0. The second kappa shape index (κ2) is 8.35. The normalized spacial score (nSPS) is 25.8. The zero-order chi connectivity index (χ0) is 16.3. The summed E-state index contributed by atoms with van der Waals surface area (Å²) in [5.41, 5.74) is 2.88. The Morgan fingerprint density at radius 3 is 2.75 bits per heavy atom. The van der Waals surface area contributed by atoms with Gasteiger partial charge in [-0.2, -0.15) is 0 Å². The molecule has 1 saturated heterocycles. The van der Waals surface area contributed by atoms with Crippen molar-refractivity contribution in [3.8, 4) is 0 Å². The predicted octanol–water partition coefficient (Wildman–Crippen LogP) is 3.73. The number of hydrogen-bond donors (Lipinski definition) is 2. The van der Waals surface area contributed by atoms with E-state index in [1.807, 2.05) is 0 Å². The first-order valence-electron chi connectivity index (χ1n) is 9.17. The van der Waals surface area contributed by atoms with Gasteiger partial charge in [-0.1, -0.05) is 42.7 Å². The summed E-state index contributed by atoms with van der Waals surface area (Å²) in [6.45, 7) is 6.08. The zero-order valence-electron chi connectivity index (χ0n) is 14.9. The van der Waals surface area contributed by atoms with E-state index < -0.39 is 0 Å². The van der Waals surface area contributed by atoms with Gasteiger partial charge >= 0.3 is 0 Å². The molecule has 0 unspecified atom stereocenters. The Labute approximate surface area is 152 Å². The molecular formula is C20H31ClN2O. The summed E-state index contributed by atoms with van der Waals surface area (Å²) in [5.74, 6) is 0.444. The van der Waals surface area contributed by atoms with Gasteiger partial charge in [0.25, 0.3) is 0 Å². The molecule has 1 amide bonds. The van der Waals surface area contributed by atoms with Crippen molar-refractivity contribution < 1.29 is 4.79 Å². The number of benzene rings is 1. The van der Waals surface area contributed by atoms with Gasteiger partial charge in [-0.25, -0.2) is 0 Å². The highest BCUT2D eigenvalue weighted by Crippen LogP contribution is 2.41. The summed E-state index contributed by atoms with van der Waals surface area (Å²) in [6, 6.07) is 9.32. The molecule has 1 heterocycles. The van der Waals surface area contributed by atoms with Crippen LogP contribution in [0.2, 0.25) is 0 Å². The molecule has 2 N–H and O–H groups in total. The van der Waals surface area contributed by atoms with E-state index in [9.17, 15) is 4.79 Å². The Kier molecular flexibility index (Phi) is 6.70. The maximum absolute atomic E-state index is 12.6.